The lowest BCUT2D eigenvalue weighted by Gasteiger charge is -2.64. The van der Waals surface area contributed by atoms with Crippen LogP contribution in [0.5, 0.6) is 11.5 Å². The minimum absolute atomic E-state index is 0.0178. The molecule has 0 unspecified atom stereocenters. The Morgan fingerprint density at radius 3 is 2.84 bits per heavy atom. The first-order valence-corrected chi connectivity index (χ1v) is 14.9. The number of aryl methyl sites for hydroxylation is 1. The van der Waals surface area contributed by atoms with E-state index < -0.39 is 17.1 Å². The highest BCUT2D eigenvalue weighted by atomic mass is 32.1. The van der Waals surface area contributed by atoms with Gasteiger partial charge in [0, 0.05) is 40.0 Å². The quantitative estimate of drug-likeness (QED) is 0.502. The lowest BCUT2D eigenvalue weighted by Crippen LogP contribution is -2.78. The van der Waals surface area contributed by atoms with Crippen molar-refractivity contribution < 1.29 is 19.7 Å². The third-order valence-electron chi connectivity index (χ3n) is 10.3. The Hall–Kier alpha value is -2.61. The molecule has 2 aliphatic heterocycles. The van der Waals surface area contributed by atoms with Crippen LogP contribution >= 0.6 is 11.3 Å². The summed E-state index contributed by atoms with van der Waals surface area (Å²) in [6.07, 6.45) is 4.96. The van der Waals surface area contributed by atoms with Gasteiger partial charge in [0.25, 0.3) is 0 Å². The van der Waals surface area contributed by atoms with Crippen LogP contribution < -0.4 is 9.64 Å². The van der Waals surface area contributed by atoms with Gasteiger partial charge >= 0.3 is 0 Å². The molecule has 3 aliphatic carbocycles. The van der Waals surface area contributed by atoms with E-state index in [0.717, 1.165) is 48.5 Å². The largest absolute Gasteiger partial charge is 0.504 e. The highest BCUT2D eigenvalue weighted by Gasteiger charge is 2.73. The first-order valence-electron chi connectivity index (χ1n) is 14.1. The first-order chi connectivity index (χ1) is 18.3. The number of likely N-dealkylation sites (tertiary alicyclic amines) is 1. The topological polar surface area (TPSA) is 73.2 Å². The molecule has 8 rings (SSSR count). The average molecular weight is 531 g/mol. The smallest absolute Gasteiger partial charge is 0.224 e. The summed E-state index contributed by atoms with van der Waals surface area (Å²) in [5, 5.41) is 24.8. The van der Waals surface area contributed by atoms with Gasteiger partial charge in [-0.15, -0.1) is 11.3 Å². The zero-order valence-electron chi connectivity index (χ0n) is 21.9. The number of aromatic hydroxyl groups is 1. The second-order valence-corrected chi connectivity index (χ2v) is 13.6. The molecule has 1 spiro atoms. The number of anilines is 1. The summed E-state index contributed by atoms with van der Waals surface area (Å²) in [4.78, 5) is 19.2. The van der Waals surface area contributed by atoms with Crippen LogP contribution in [-0.2, 0) is 16.6 Å². The summed E-state index contributed by atoms with van der Waals surface area (Å²) >= 11 is 1.74. The maximum Gasteiger partial charge on any atom is 0.224 e. The van der Waals surface area contributed by atoms with Gasteiger partial charge in [-0.05, 0) is 87.7 Å². The van der Waals surface area contributed by atoms with Crippen molar-refractivity contribution in [1.29, 1.82) is 0 Å². The summed E-state index contributed by atoms with van der Waals surface area (Å²) in [6, 6.07) is 11.9. The number of fused-ring (bicyclic) bond motifs is 1. The molecule has 3 aromatic rings. The summed E-state index contributed by atoms with van der Waals surface area (Å²) in [5.41, 5.74) is 1.50. The number of nitrogens with zero attached hydrogens (tertiary/aromatic N) is 2. The number of hydrogen-bond donors (Lipinski definition) is 2. The predicted molar refractivity (Wildman–Crippen MR) is 148 cm³/mol. The lowest BCUT2D eigenvalue weighted by molar-refractivity contribution is -0.190. The van der Waals surface area contributed by atoms with Crippen LogP contribution in [0.3, 0.4) is 0 Å². The summed E-state index contributed by atoms with van der Waals surface area (Å²) in [7, 11) is 0. The third-order valence-corrected chi connectivity index (χ3v) is 11.3. The Morgan fingerprint density at radius 1 is 1.21 bits per heavy atom. The minimum Gasteiger partial charge on any atom is -0.504 e. The number of carbonyl (C=O) groups excluding carboxylic acids is 1. The zero-order valence-corrected chi connectivity index (χ0v) is 22.8. The van der Waals surface area contributed by atoms with Crippen LogP contribution in [-0.4, -0.2) is 57.9 Å². The fourth-order valence-corrected chi connectivity index (χ4v) is 9.63. The van der Waals surface area contributed by atoms with Gasteiger partial charge < -0.3 is 19.8 Å². The Morgan fingerprint density at radius 2 is 2.05 bits per heavy atom. The Kier molecular flexibility index (Phi) is 4.74. The van der Waals surface area contributed by atoms with E-state index in [2.05, 4.69) is 24.0 Å². The van der Waals surface area contributed by atoms with E-state index in [1.54, 1.807) is 24.3 Å². The van der Waals surface area contributed by atoms with Gasteiger partial charge in [-0.2, -0.15) is 0 Å². The van der Waals surface area contributed by atoms with Gasteiger partial charge in [0.2, 0.25) is 5.91 Å². The number of carbonyl (C=O) groups is 1. The van der Waals surface area contributed by atoms with E-state index in [9.17, 15) is 15.0 Å². The molecule has 2 bridgehead atoms. The van der Waals surface area contributed by atoms with E-state index in [0.29, 0.717) is 18.6 Å². The molecular weight excluding hydrogens is 496 g/mol. The zero-order chi connectivity index (χ0) is 26.0. The van der Waals surface area contributed by atoms with Gasteiger partial charge in [0.15, 0.2) is 11.5 Å². The van der Waals surface area contributed by atoms with Gasteiger partial charge in [-0.25, -0.2) is 0 Å². The molecule has 0 radical (unpaired) electrons. The summed E-state index contributed by atoms with van der Waals surface area (Å²) < 4.78 is 7.93. The molecule has 6 nitrogen and oxygen atoms in total. The molecular formula is C31H34N2O4S. The average Bonchev–Trinajstić information content (AvgIpc) is 3.49. The normalized spacial score (nSPS) is 33.2. The Labute approximate surface area is 226 Å². The fraction of sp³-hybridized carbons (Fsp3) is 0.516. The maximum absolute atomic E-state index is 13.5. The van der Waals surface area contributed by atoms with E-state index in [1.165, 1.54) is 28.0 Å². The fourth-order valence-electron chi connectivity index (χ4n) is 8.68. The van der Waals surface area contributed by atoms with Crippen molar-refractivity contribution in [3.8, 4) is 11.5 Å². The number of aliphatic hydroxyl groups is 1. The van der Waals surface area contributed by atoms with Gasteiger partial charge in [-0.3, -0.25) is 9.69 Å². The van der Waals surface area contributed by atoms with Crippen LogP contribution in [0.25, 0.3) is 10.1 Å². The number of amides is 1. The summed E-state index contributed by atoms with van der Waals surface area (Å²) in [6.45, 7) is 5.70. The molecule has 5 atom stereocenters. The Bertz CT molecular complexity index is 1500. The monoisotopic (exact) mass is 530 g/mol. The highest BCUT2D eigenvalue weighted by molar-refractivity contribution is 7.19. The van der Waals surface area contributed by atoms with Crippen LogP contribution in [0.2, 0.25) is 0 Å². The van der Waals surface area contributed by atoms with Crippen molar-refractivity contribution in [2.75, 3.05) is 18.0 Å². The third kappa shape index (κ3) is 2.87. The van der Waals surface area contributed by atoms with Crippen molar-refractivity contribution in [2.24, 2.45) is 5.92 Å². The number of hydrogen-bond acceptors (Lipinski definition) is 6. The molecule has 5 aliphatic rings. The number of piperidine rings is 1. The minimum atomic E-state index is -0.958. The van der Waals surface area contributed by atoms with Gasteiger partial charge in [0.05, 0.1) is 22.7 Å². The van der Waals surface area contributed by atoms with E-state index in [4.69, 9.17) is 4.74 Å². The molecule has 2 aromatic carbocycles. The standard InChI is InChI=1S/C31H34N2O4S/c1-17-14-21-22(4-3-5-25(21)38-17)33(18(2)34)23-10-11-31(36)26-15-20-8-9-24(35)28-27(20)30(31,29(23)37-28)12-13-32(26)16-19-6-7-19/h3-5,8-9,14,19,23,26,29,35-36H,6-7,10-13,15-16H2,1-2H3/t23-,26+,29-,30-,31+/m0/s1. The first kappa shape index (κ1) is 23.3. The SMILES string of the molecule is CC(=O)N(c1cccc2sc(C)cc12)[C@H]1CC[C@@]2(O)[C@H]3Cc4ccc(O)c5c4[C@@]2(CCN3CC2CC2)[C@H]1O5. The molecule has 2 saturated carbocycles. The van der Waals surface area contributed by atoms with Crippen molar-refractivity contribution >= 4 is 33.0 Å². The second kappa shape index (κ2) is 7.74. The molecule has 3 fully saturated rings. The molecule has 7 heteroatoms. The second-order valence-electron chi connectivity index (χ2n) is 12.3. The van der Waals surface area contributed by atoms with Crippen molar-refractivity contribution in [3.63, 3.8) is 0 Å². The molecule has 1 aromatic heterocycles. The highest BCUT2D eigenvalue weighted by Crippen LogP contribution is 2.66. The van der Waals surface area contributed by atoms with Crippen LogP contribution in [0, 0.1) is 12.8 Å². The van der Waals surface area contributed by atoms with E-state index in [1.807, 2.05) is 23.1 Å². The number of rotatable bonds is 4. The van der Waals surface area contributed by atoms with Crippen LogP contribution in [0.4, 0.5) is 5.69 Å². The van der Waals surface area contributed by atoms with Crippen LogP contribution in [0.15, 0.2) is 36.4 Å². The molecule has 2 N–H and O–H groups in total. The van der Waals surface area contributed by atoms with Crippen molar-refractivity contribution in [3.05, 3.63) is 52.4 Å². The molecule has 38 heavy (non-hydrogen) atoms. The van der Waals surface area contributed by atoms with Crippen LogP contribution in [0.1, 0.15) is 55.0 Å². The molecule has 1 amide bonds. The number of thiophene rings is 1. The maximum atomic E-state index is 13.5. The van der Waals surface area contributed by atoms with Crippen molar-refractivity contribution in [1.82, 2.24) is 4.90 Å². The van der Waals surface area contributed by atoms with E-state index in [-0.39, 0.29) is 23.7 Å². The predicted octanol–water partition coefficient (Wildman–Crippen LogP) is 4.90. The van der Waals surface area contributed by atoms with Crippen molar-refractivity contribution in [2.45, 2.75) is 81.6 Å². The number of phenolic OH excluding ortho intramolecular Hbond substituents is 1. The number of benzene rings is 2. The molecule has 1 saturated heterocycles. The Balaban J connectivity index is 1.30. The van der Waals surface area contributed by atoms with E-state index >= 15 is 0 Å². The molecule has 3 heterocycles. The van der Waals surface area contributed by atoms with Gasteiger partial charge in [-0.1, -0.05) is 12.1 Å². The van der Waals surface area contributed by atoms with Gasteiger partial charge in [0.1, 0.15) is 6.10 Å². The molecule has 198 valence electrons. The number of ether oxygens (including phenoxy) is 1. The number of phenols is 1. The summed E-state index contributed by atoms with van der Waals surface area (Å²) in [5.74, 6) is 1.40. The lowest BCUT2D eigenvalue weighted by atomic mass is 9.48.